The van der Waals surface area contributed by atoms with E-state index in [1.165, 1.54) is 23.1 Å². The molecule has 1 amide bonds. The highest BCUT2D eigenvalue weighted by molar-refractivity contribution is 8.02. The van der Waals surface area contributed by atoms with Crippen molar-refractivity contribution in [2.24, 2.45) is 0 Å². The first-order valence-corrected chi connectivity index (χ1v) is 10.3. The van der Waals surface area contributed by atoms with E-state index in [4.69, 9.17) is 23.2 Å². The summed E-state index contributed by atoms with van der Waals surface area (Å²) in [7, 11) is 0. The average molecular weight is 425 g/mol. The smallest absolute Gasteiger partial charge is 0.243 e. The molecule has 2 unspecified atom stereocenters. The molecule has 0 aliphatic carbocycles. The van der Waals surface area contributed by atoms with Crippen LogP contribution in [-0.4, -0.2) is 21.2 Å². The number of thiazole rings is 1. The molecule has 4 rings (SSSR count). The average Bonchev–Trinajstić information content (AvgIpc) is 3.05. The zero-order valence-electron chi connectivity index (χ0n) is 13.9. The van der Waals surface area contributed by atoms with Crippen LogP contribution in [0.1, 0.15) is 19.4 Å². The molecule has 2 heterocycles. The summed E-state index contributed by atoms with van der Waals surface area (Å²) in [5, 5.41) is 11.1. The van der Waals surface area contributed by atoms with Gasteiger partial charge in [0.05, 0.1) is 15.5 Å². The summed E-state index contributed by atoms with van der Waals surface area (Å²) >= 11 is 15.4. The van der Waals surface area contributed by atoms with Gasteiger partial charge in [0.15, 0.2) is 5.13 Å². The molecule has 0 saturated carbocycles. The first-order chi connectivity index (χ1) is 12.3. The Labute approximate surface area is 168 Å². The Balaban J connectivity index is 1.89. The zero-order chi connectivity index (χ0) is 18.6. The summed E-state index contributed by atoms with van der Waals surface area (Å²) in [6, 6.07) is 10.3. The first kappa shape index (κ1) is 17.9. The van der Waals surface area contributed by atoms with Gasteiger partial charge in [0.2, 0.25) is 5.91 Å². The molecule has 134 valence electrons. The lowest BCUT2D eigenvalue weighted by molar-refractivity contribution is -0.117. The number of phenols is 1. The second-order valence-corrected chi connectivity index (χ2v) is 9.78. The van der Waals surface area contributed by atoms with Crippen molar-refractivity contribution < 1.29 is 9.90 Å². The number of halogens is 2. The summed E-state index contributed by atoms with van der Waals surface area (Å²) in [6.45, 7) is 3.85. The second-order valence-electron chi connectivity index (χ2n) is 6.19. The first-order valence-electron chi connectivity index (χ1n) is 7.86. The highest BCUT2D eigenvalue weighted by Gasteiger charge is 2.50. The topological polar surface area (TPSA) is 53.4 Å². The van der Waals surface area contributed by atoms with Gasteiger partial charge < -0.3 is 5.11 Å². The van der Waals surface area contributed by atoms with E-state index in [-0.39, 0.29) is 16.9 Å². The molecule has 1 aliphatic rings. The minimum atomic E-state index is -0.700. The van der Waals surface area contributed by atoms with Crippen LogP contribution in [-0.2, 0) is 9.67 Å². The van der Waals surface area contributed by atoms with Crippen molar-refractivity contribution in [2.45, 2.75) is 24.0 Å². The Hall–Kier alpha value is -1.47. The van der Waals surface area contributed by atoms with Gasteiger partial charge in [-0.25, -0.2) is 4.98 Å². The number of phenolic OH excluding ortho intramolecular Hbond substituents is 1. The molecule has 1 N–H and O–H groups in total. The number of amides is 1. The Morgan fingerprint density at radius 2 is 2.00 bits per heavy atom. The van der Waals surface area contributed by atoms with Crippen LogP contribution in [0, 0.1) is 0 Å². The number of rotatable bonds is 2. The number of carbonyl (C=O) groups is 1. The molecule has 3 aromatic rings. The molecule has 0 radical (unpaired) electrons. The fraction of sp³-hybridized carbons (Fsp3) is 0.222. The molecular weight excluding hydrogens is 411 g/mol. The van der Waals surface area contributed by atoms with Crippen LogP contribution < -0.4 is 4.90 Å². The maximum absolute atomic E-state index is 13.0. The third-order valence-corrected chi connectivity index (χ3v) is 7.35. The van der Waals surface area contributed by atoms with Gasteiger partial charge in [-0.1, -0.05) is 40.6 Å². The number of fused-ring (bicyclic) bond motifs is 1. The number of carbonyl (C=O) groups excluding carboxylic acids is 1. The minimum absolute atomic E-state index is 0.0215. The number of aromatic hydroxyl groups is 1. The van der Waals surface area contributed by atoms with E-state index >= 15 is 0 Å². The highest BCUT2D eigenvalue weighted by Crippen LogP contribution is 2.53. The molecular formula is C18H14Cl2N2O2S2. The SMILES string of the molecule is CC1SC(C)(c2ccc(Cl)cc2Cl)N(c2nc3ccc(O)cc3s2)C1=O. The normalized spacial score (nSPS) is 23.2. The zero-order valence-corrected chi connectivity index (χ0v) is 17.0. The third-order valence-electron chi connectivity index (χ3n) is 4.38. The molecule has 1 aliphatic heterocycles. The lowest BCUT2D eigenvalue weighted by Crippen LogP contribution is -2.40. The standard InChI is InChI=1S/C18H14Cl2N2O2S2/c1-9-16(24)22(17-21-14-6-4-11(23)8-15(14)25-17)18(2,26-9)12-5-3-10(19)7-13(12)20/h3-9,23H,1-2H3. The maximum Gasteiger partial charge on any atom is 0.243 e. The van der Waals surface area contributed by atoms with Crippen molar-refractivity contribution in [3.63, 3.8) is 0 Å². The minimum Gasteiger partial charge on any atom is -0.508 e. The molecule has 1 aromatic heterocycles. The predicted octanol–water partition coefficient (Wildman–Crippen LogP) is 5.65. The maximum atomic E-state index is 13.0. The van der Waals surface area contributed by atoms with E-state index < -0.39 is 4.87 Å². The quantitative estimate of drug-likeness (QED) is 0.577. The van der Waals surface area contributed by atoms with Gasteiger partial charge in [-0.05, 0) is 44.2 Å². The van der Waals surface area contributed by atoms with Gasteiger partial charge in [-0.15, -0.1) is 11.8 Å². The van der Waals surface area contributed by atoms with Gasteiger partial charge in [-0.3, -0.25) is 9.69 Å². The van der Waals surface area contributed by atoms with Crippen molar-refractivity contribution in [2.75, 3.05) is 4.90 Å². The molecule has 1 fully saturated rings. The summed E-state index contributed by atoms with van der Waals surface area (Å²) in [5.74, 6) is 0.151. The lowest BCUT2D eigenvalue weighted by atomic mass is 10.1. The van der Waals surface area contributed by atoms with Crippen LogP contribution in [0.15, 0.2) is 36.4 Å². The number of benzene rings is 2. The largest absolute Gasteiger partial charge is 0.508 e. The van der Waals surface area contributed by atoms with Crippen molar-refractivity contribution >= 4 is 67.6 Å². The van der Waals surface area contributed by atoms with Crippen LogP contribution in [0.5, 0.6) is 5.75 Å². The van der Waals surface area contributed by atoms with E-state index in [0.717, 1.165) is 15.8 Å². The van der Waals surface area contributed by atoms with Crippen molar-refractivity contribution in [3.05, 3.63) is 52.0 Å². The van der Waals surface area contributed by atoms with Crippen LogP contribution in [0.4, 0.5) is 5.13 Å². The molecule has 26 heavy (non-hydrogen) atoms. The number of hydrogen-bond donors (Lipinski definition) is 1. The molecule has 0 spiro atoms. The lowest BCUT2D eigenvalue weighted by Gasteiger charge is -2.33. The highest BCUT2D eigenvalue weighted by atomic mass is 35.5. The molecule has 8 heteroatoms. The van der Waals surface area contributed by atoms with Crippen LogP contribution >= 0.6 is 46.3 Å². The Bertz CT molecular complexity index is 1040. The molecule has 0 bridgehead atoms. The van der Waals surface area contributed by atoms with E-state index in [9.17, 15) is 9.90 Å². The Morgan fingerprint density at radius 3 is 2.73 bits per heavy atom. The molecule has 4 nitrogen and oxygen atoms in total. The van der Waals surface area contributed by atoms with E-state index in [1.54, 1.807) is 35.2 Å². The summed E-state index contributed by atoms with van der Waals surface area (Å²) in [5.41, 5.74) is 1.55. The van der Waals surface area contributed by atoms with E-state index in [0.29, 0.717) is 15.2 Å². The Kier molecular flexibility index (Phi) is 4.34. The molecule has 2 aromatic carbocycles. The van der Waals surface area contributed by atoms with Gasteiger partial charge in [0.1, 0.15) is 10.6 Å². The van der Waals surface area contributed by atoms with Gasteiger partial charge in [0.25, 0.3) is 0 Å². The van der Waals surface area contributed by atoms with Gasteiger partial charge >= 0.3 is 0 Å². The van der Waals surface area contributed by atoms with Crippen molar-refractivity contribution in [1.82, 2.24) is 4.98 Å². The van der Waals surface area contributed by atoms with E-state index in [1.807, 2.05) is 19.9 Å². The van der Waals surface area contributed by atoms with Gasteiger partial charge in [0, 0.05) is 15.6 Å². The number of hydrogen-bond acceptors (Lipinski definition) is 5. The molecule has 1 saturated heterocycles. The van der Waals surface area contributed by atoms with Crippen LogP contribution in [0.3, 0.4) is 0 Å². The van der Waals surface area contributed by atoms with Gasteiger partial charge in [-0.2, -0.15) is 0 Å². The predicted molar refractivity (Wildman–Crippen MR) is 110 cm³/mol. The fourth-order valence-electron chi connectivity index (χ4n) is 3.16. The number of aromatic nitrogens is 1. The van der Waals surface area contributed by atoms with Crippen molar-refractivity contribution in [1.29, 1.82) is 0 Å². The van der Waals surface area contributed by atoms with Crippen molar-refractivity contribution in [3.8, 4) is 5.75 Å². The fourth-order valence-corrected chi connectivity index (χ4v) is 6.45. The number of thioether (sulfide) groups is 1. The third kappa shape index (κ3) is 2.76. The second kappa shape index (κ2) is 6.30. The van der Waals surface area contributed by atoms with Crippen LogP contribution in [0.2, 0.25) is 10.0 Å². The summed E-state index contributed by atoms with van der Waals surface area (Å²) < 4.78 is 0.821. The van der Waals surface area contributed by atoms with Crippen LogP contribution in [0.25, 0.3) is 10.2 Å². The Morgan fingerprint density at radius 1 is 1.23 bits per heavy atom. The number of anilines is 1. The monoisotopic (exact) mass is 424 g/mol. The summed E-state index contributed by atoms with van der Waals surface area (Å²) in [4.78, 5) is 18.6. The summed E-state index contributed by atoms with van der Waals surface area (Å²) in [6.07, 6.45) is 0. The van der Waals surface area contributed by atoms with E-state index in [2.05, 4.69) is 4.98 Å². The number of nitrogens with zero attached hydrogens (tertiary/aromatic N) is 2. The molecule has 2 atom stereocenters.